The quantitative estimate of drug-likeness (QED) is 0.557. The maximum Gasteiger partial charge on any atom is 0.338 e. The molecule has 7 nitrogen and oxygen atoms in total. The number of carbonyl (C=O) groups excluding carboxylic acids is 3. The summed E-state index contributed by atoms with van der Waals surface area (Å²) in [6.45, 7) is 9.10. The lowest BCUT2D eigenvalue weighted by atomic mass is 9.94. The molecule has 0 unspecified atom stereocenters. The van der Waals surface area contributed by atoms with Gasteiger partial charge in [0.05, 0.1) is 17.7 Å². The van der Waals surface area contributed by atoms with E-state index < -0.39 is 17.4 Å². The maximum absolute atomic E-state index is 12.8. The Morgan fingerprint density at radius 3 is 2.57 bits per heavy atom. The number of anilines is 1. The molecular formula is C20H26ClN3O4. The van der Waals surface area contributed by atoms with E-state index in [1.165, 1.54) is 4.90 Å². The molecule has 1 aromatic rings. The zero-order valence-corrected chi connectivity index (χ0v) is 17.5. The van der Waals surface area contributed by atoms with Crippen LogP contribution in [0.2, 0.25) is 0 Å². The fourth-order valence-electron chi connectivity index (χ4n) is 2.99. The van der Waals surface area contributed by atoms with Gasteiger partial charge in [0.2, 0.25) is 5.91 Å². The van der Waals surface area contributed by atoms with Crippen LogP contribution in [0.3, 0.4) is 0 Å². The molecule has 1 aromatic carbocycles. The fourth-order valence-corrected chi connectivity index (χ4v) is 3.05. The van der Waals surface area contributed by atoms with Crippen LogP contribution in [0, 0.1) is 0 Å². The molecule has 0 aromatic heterocycles. The molecule has 1 heterocycles. The molecule has 0 saturated carbocycles. The minimum atomic E-state index is -0.688. The van der Waals surface area contributed by atoms with E-state index in [0.717, 1.165) is 0 Å². The van der Waals surface area contributed by atoms with Crippen LogP contribution in [-0.2, 0) is 14.3 Å². The zero-order chi connectivity index (χ0) is 21.0. The molecule has 1 aliphatic heterocycles. The van der Waals surface area contributed by atoms with Gasteiger partial charge in [0.1, 0.15) is 5.38 Å². The number of benzene rings is 1. The van der Waals surface area contributed by atoms with Gasteiger partial charge >= 0.3 is 12.0 Å². The van der Waals surface area contributed by atoms with Crippen molar-refractivity contribution >= 4 is 35.2 Å². The number of halogens is 1. The van der Waals surface area contributed by atoms with Crippen molar-refractivity contribution in [2.75, 3.05) is 11.9 Å². The SMILES string of the molecule is CCN1C(=O)N[C@@H](c2cccc(NC(=O)[C@H](C)Cl)c2)C(C(=O)OC(C)C)=C1C. The summed E-state index contributed by atoms with van der Waals surface area (Å²) in [5, 5.41) is 4.89. The largest absolute Gasteiger partial charge is 0.459 e. The number of urea groups is 1. The first-order chi connectivity index (χ1) is 13.1. The second kappa shape index (κ2) is 9.10. The highest BCUT2D eigenvalue weighted by molar-refractivity contribution is 6.32. The van der Waals surface area contributed by atoms with Gasteiger partial charge in [-0.05, 0) is 52.3 Å². The maximum atomic E-state index is 12.8. The number of hydrogen-bond acceptors (Lipinski definition) is 4. The molecule has 28 heavy (non-hydrogen) atoms. The third-order valence-electron chi connectivity index (χ3n) is 4.32. The number of allylic oxidation sites excluding steroid dienone is 1. The van der Waals surface area contributed by atoms with Crippen LogP contribution in [0.25, 0.3) is 0 Å². The normalized spacial score (nSPS) is 18.0. The number of carbonyl (C=O) groups is 3. The lowest BCUT2D eigenvalue weighted by molar-refractivity contribution is -0.143. The Morgan fingerprint density at radius 1 is 1.32 bits per heavy atom. The van der Waals surface area contributed by atoms with Crippen molar-refractivity contribution in [1.29, 1.82) is 0 Å². The molecule has 0 spiro atoms. The van der Waals surface area contributed by atoms with Gasteiger partial charge in [-0.3, -0.25) is 9.69 Å². The highest BCUT2D eigenvalue weighted by atomic mass is 35.5. The number of nitrogens with one attached hydrogen (secondary N) is 2. The summed E-state index contributed by atoms with van der Waals surface area (Å²) in [6, 6.07) is 5.96. The van der Waals surface area contributed by atoms with E-state index >= 15 is 0 Å². The standard InChI is InChI=1S/C20H26ClN3O4/c1-6-24-13(5)16(19(26)28-11(2)3)17(23-20(24)27)14-8-7-9-15(10-14)22-18(25)12(4)21/h7-12,17H,6H2,1-5H3,(H,22,25)(H,23,27)/t12-,17-/m0/s1. The molecule has 2 rings (SSSR count). The summed E-state index contributed by atoms with van der Waals surface area (Å²) >= 11 is 5.81. The van der Waals surface area contributed by atoms with Gasteiger partial charge in [-0.15, -0.1) is 11.6 Å². The van der Waals surface area contributed by atoms with Crippen LogP contribution in [0.5, 0.6) is 0 Å². The summed E-state index contributed by atoms with van der Waals surface area (Å²) in [6.07, 6.45) is -0.294. The Balaban J connectivity index is 2.46. The average molecular weight is 408 g/mol. The van der Waals surface area contributed by atoms with Gasteiger partial charge in [-0.25, -0.2) is 9.59 Å². The van der Waals surface area contributed by atoms with Gasteiger partial charge < -0.3 is 15.4 Å². The van der Waals surface area contributed by atoms with Crippen molar-refractivity contribution in [3.8, 4) is 0 Å². The number of ether oxygens (including phenoxy) is 1. The smallest absolute Gasteiger partial charge is 0.338 e. The molecule has 3 amide bonds. The summed E-state index contributed by atoms with van der Waals surface area (Å²) in [4.78, 5) is 38.7. The number of alkyl halides is 1. The molecule has 1 aliphatic rings. The van der Waals surface area contributed by atoms with Crippen molar-refractivity contribution in [2.24, 2.45) is 0 Å². The van der Waals surface area contributed by atoms with Crippen LogP contribution >= 0.6 is 11.6 Å². The molecular weight excluding hydrogens is 382 g/mol. The number of rotatable bonds is 6. The monoisotopic (exact) mass is 407 g/mol. The topological polar surface area (TPSA) is 87.7 Å². The van der Waals surface area contributed by atoms with Crippen molar-refractivity contribution in [2.45, 2.75) is 52.1 Å². The average Bonchev–Trinajstić information content (AvgIpc) is 2.60. The third kappa shape index (κ3) is 4.84. The van der Waals surface area contributed by atoms with Gasteiger partial charge in [0.25, 0.3) is 0 Å². The second-order valence-corrected chi connectivity index (χ2v) is 7.47. The van der Waals surface area contributed by atoms with Crippen LogP contribution < -0.4 is 10.6 Å². The van der Waals surface area contributed by atoms with Gasteiger partial charge in [0, 0.05) is 17.9 Å². The van der Waals surface area contributed by atoms with Crippen LogP contribution in [0.15, 0.2) is 35.5 Å². The molecule has 0 radical (unpaired) electrons. The Morgan fingerprint density at radius 2 is 2.00 bits per heavy atom. The van der Waals surface area contributed by atoms with Gasteiger partial charge in [-0.1, -0.05) is 12.1 Å². The number of esters is 1. The first kappa shape index (κ1) is 21.8. The zero-order valence-electron chi connectivity index (χ0n) is 16.7. The first-order valence-corrected chi connectivity index (χ1v) is 9.64. The predicted octanol–water partition coefficient (Wildman–Crippen LogP) is 3.56. The van der Waals surface area contributed by atoms with E-state index in [1.807, 2.05) is 6.92 Å². The van der Waals surface area contributed by atoms with Gasteiger partial charge in [0.15, 0.2) is 0 Å². The Hall–Kier alpha value is -2.54. The number of hydrogen-bond donors (Lipinski definition) is 2. The third-order valence-corrected chi connectivity index (χ3v) is 4.52. The minimum absolute atomic E-state index is 0.294. The van der Waals surface area contributed by atoms with E-state index in [-0.39, 0.29) is 18.0 Å². The molecule has 0 aliphatic carbocycles. The second-order valence-electron chi connectivity index (χ2n) is 6.81. The highest BCUT2D eigenvalue weighted by Crippen LogP contribution is 2.32. The van der Waals surface area contributed by atoms with Crippen molar-refractivity contribution in [3.05, 3.63) is 41.1 Å². The van der Waals surface area contributed by atoms with Crippen LogP contribution in [0.1, 0.15) is 46.2 Å². The summed E-state index contributed by atoms with van der Waals surface area (Å²) in [5.41, 5.74) is 2.09. The molecule has 2 N–H and O–H groups in total. The predicted molar refractivity (Wildman–Crippen MR) is 108 cm³/mol. The molecule has 152 valence electrons. The summed E-state index contributed by atoms with van der Waals surface area (Å²) < 4.78 is 5.40. The molecule has 0 saturated heterocycles. The fraction of sp³-hybridized carbons (Fsp3) is 0.450. The van der Waals surface area contributed by atoms with Gasteiger partial charge in [-0.2, -0.15) is 0 Å². The Kier molecular flexibility index (Phi) is 7.07. The lowest BCUT2D eigenvalue weighted by Crippen LogP contribution is -2.48. The Labute approximate surface area is 170 Å². The number of nitrogens with zero attached hydrogens (tertiary/aromatic N) is 1. The molecule has 0 bridgehead atoms. The van der Waals surface area contributed by atoms with E-state index in [9.17, 15) is 14.4 Å². The van der Waals surface area contributed by atoms with Crippen LogP contribution in [-0.4, -0.2) is 40.8 Å². The van der Waals surface area contributed by atoms with Crippen molar-refractivity contribution in [1.82, 2.24) is 10.2 Å². The Bertz CT molecular complexity index is 804. The summed E-state index contributed by atoms with van der Waals surface area (Å²) in [7, 11) is 0. The van der Waals surface area contributed by atoms with Crippen molar-refractivity contribution < 1.29 is 19.1 Å². The van der Waals surface area contributed by atoms with E-state index in [0.29, 0.717) is 29.1 Å². The minimum Gasteiger partial charge on any atom is -0.459 e. The molecule has 8 heteroatoms. The van der Waals surface area contributed by atoms with E-state index in [1.54, 1.807) is 52.0 Å². The van der Waals surface area contributed by atoms with Crippen LogP contribution in [0.4, 0.5) is 10.5 Å². The first-order valence-electron chi connectivity index (χ1n) is 9.20. The van der Waals surface area contributed by atoms with E-state index in [2.05, 4.69) is 10.6 Å². The van der Waals surface area contributed by atoms with Crippen molar-refractivity contribution in [3.63, 3.8) is 0 Å². The van der Waals surface area contributed by atoms with E-state index in [4.69, 9.17) is 16.3 Å². The summed E-state index contributed by atoms with van der Waals surface area (Å²) in [5.74, 6) is -0.824. The number of amides is 3. The molecule has 0 fully saturated rings. The molecule has 2 atom stereocenters. The lowest BCUT2D eigenvalue weighted by Gasteiger charge is -2.35. The highest BCUT2D eigenvalue weighted by Gasteiger charge is 2.36.